The normalized spacial score (nSPS) is 25.8. The van der Waals surface area contributed by atoms with Gasteiger partial charge in [-0.1, -0.05) is 13.0 Å². The zero-order chi connectivity index (χ0) is 12.3. The second-order valence-electron chi connectivity index (χ2n) is 4.45. The molecule has 2 rings (SSSR count). The van der Waals surface area contributed by atoms with E-state index in [1.165, 1.54) is 5.75 Å². The number of nitrogen functional groups attached to an aromatic ring is 1. The van der Waals surface area contributed by atoms with Crippen LogP contribution in [0.1, 0.15) is 19.5 Å². The Morgan fingerprint density at radius 1 is 1.53 bits per heavy atom. The molecule has 0 saturated carbocycles. The quantitative estimate of drug-likeness (QED) is 0.633. The van der Waals surface area contributed by atoms with E-state index in [1.807, 2.05) is 12.1 Å². The molecule has 1 aliphatic rings. The molecule has 4 nitrogen and oxygen atoms in total. The van der Waals surface area contributed by atoms with E-state index >= 15 is 0 Å². The summed E-state index contributed by atoms with van der Waals surface area (Å²) >= 11 is 2.05. The van der Waals surface area contributed by atoms with Crippen LogP contribution in [-0.4, -0.2) is 33.5 Å². The van der Waals surface area contributed by atoms with E-state index in [-0.39, 0.29) is 0 Å². The molecule has 5 heteroatoms. The largest absolute Gasteiger partial charge is 0.308 e. The van der Waals surface area contributed by atoms with Gasteiger partial charge in [0, 0.05) is 30.1 Å². The fourth-order valence-corrected chi connectivity index (χ4v) is 3.24. The molecule has 0 aromatic carbocycles. The summed E-state index contributed by atoms with van der Waals surface area (Å²) in [5.74, 6) is 7.31. The van der Waals surface area contributed by atoms with Crippen LogP contribution in [-0.2, 0) is 6.54 Å². The smallest absolute Gasteiger partial charge is 0.140 e. The van der Waals surface area contributed by atoms with Crippen molar-refractivity contribution in [1.29, 1.82) is 0 Å². The van der Waals surface area contributed by atoms with Gasteiger partial charge in [-0.3, -0.25) is 4.90 Å². The lowest BCUT2D eigenvalue weighted by atomic mass is 10.2. The zero-order valence-electron chi connectivity index (χ0n) is 10.4. The van der Waals surface area contributed by atoms with E-state index in [9.17, 15) is 0 Å². The van der Waals surface area contributed by atoms with Crippen molar-refractivity contribution in [3.63, 3.8) is 0 Å². The highest BCUT2D eigenvalue weighted by Crippen LogP contribution is 2.25. The summed E-state index contributed by atoms with van der Waals surface area (Å²) in [5, 5.41) is 0.694. The lowest BCUT2D eigenvalue weighted by molar-refractivity contribution is 0.202. The maximum Gasteiger partial charge on any atom is 0.140 e. The van der Waals surface area contributed by atoms with Crippen LogP contribution in [0.5, 0.6) is 0 Å². The molecule has 1 aromatic rings. The molecule has 1 aliphatic heterocycles. The number of rotatable bonds is 3. The van der Waals surface area contributed by atoms with E-state index in [0.29, 0.717) is 11.3 Å². The third-order valence-electron chi connectivity index (χ3n) is 3.33. The number of nitrogens with two attached hydrogens (primary N) is 1. The van der Waals surface area contributed by atoms with Gasteiger partial charge < -0.3 is 5.43 Å². The van der Waals surface area contributed by atoms with Gasteiger partial charge in [-0.05, 0) is 19.1 Å². The van der Waals surface area contributed by atoms with E-state index < -0.39 is 0 Å². The van der Waals surface area contributed by atoms with Crippen LogP contribution in [0.4, 0.5) is 5.82 Å². The Kier molecular flexibility index (Phi) is 4.25. The third kappa shape index (κ3) is 3.12. The first-order chi connectivity index (χ1) is 8.20. The van der Waals surface area contributed by atoms with Gasteiger partial charge in [0.2, 0.25) is 0 Å². The minimum atomic E-state index is 0.602. The van der Waals surface area contributed by atoms with Crippen LogP contribution in [0.3, 0.4) is 0 Å². The maximum atomic E-state index is 5.37. The molecule has 3 N–H and O–H groups in total. The number of pyridine rings is 1. The molecule has 0 spiro atoms. The molecule has 0 amide bonds. The Bertz CT molecular complexity index is 371. The molecule has 94 valence electrons. The van der Waals surface area contributed by atoms with Crippen molar-refractivity contribution >= 4 is 17.6 Å². The number of nitrogens with one attached hydrogen (secondary N) is 1. The van der Waals surface area contributed by atoms with Crippen LogP contribution >= 0.6 is 11.8 Å². The van der Waals surface area contributed by atoms with Crippen molar-refractivity contribution in [3.05, 3.63) is 23.9 Å². The lowest BCUT2D eigenvalue weighted by Gasteiger charge is -2.37. The first-order valence-electron chi connectivity index (χ1n) is 5.99. The highest BCUT2D eigenvalue weighted by Gasteiger charge is 2.25. The SMILES string of the molecule is CC1SCCN(Cc2cccc(NN)n2)C1C. The standard InChI is InChI=1S/C12H20N4S/c1-9-10(2)17-7-6-16(9)8-11-4-3-5-12(14-11)15-13/h3-5,9-10H,6-8,13H2,1-2H3,(H,14,15). The highest BCUT2D eigenvalue weighted by molar-refractivity contribution is 8.00. The van der Waals surface area contributed by atoms with E-state index in [2.05, 4.69) is 47.0 Å². The highest BCUT2D eigenvalue weighted by atomic mass is 32.2. The molecule has 1 saturated heterocycles. The second-order valence-corrected chi connectivity index (χ2v) is 5.93. The van der Waals surface area contributed by atoms with Crippen LogP contribution in [0.15, 0.2) is 18.2 Å². The Balaban J connectivity index is 2.04. The summed E-state index contributed by atoms with van der Waals surface area (Å²) in [6.07, 6.45) is 0. The fraction of sp³-hybridized carbons (Fsp3) is 0.583. The Hall–Kier alpha value is -0.780. The molecule has 2 heterocycles. The van der Waals surface area contributed by atoms with Crippen LogP contribution in [0, 0.1) is 0 Å². The van der Waals surface area contributed by atoms with Crippen LogP contribution in [0.2, 0.25) is 0 Å². The van der Waals surface area contributed by atoms with E-state index in [0.717, 1.165) is 24.6 Å². The molecule has 2 unspecified atom stereocenters. The van der Waals surface area contributed by atoms with Gasteiger partial charge in [0.25, 0.3) is 0 Å². The fourth-order valence-electron chi connectivity index (χ4n) is 2.07. The number of nitrogens with zero attached hydrogens (tertiary/aromatic N) is 2. The number of hydrazine groups is 1. The summed E-state index contributed by atoms with van der Waals surface area (Å²) in [7, 11) is 0. The summed E-state index contributed by atoms with van der Waals surface area (Å²) < 4.78 is 0. The Labute approximate surface area is 107 Å². The predicted molar refractivity (Wildman–Crippen MR) is 73.8 cm³/mol. The Morgan fingerprint density at radius 2 is 2.35 bits per heavy atom. The number of aromatic nitrogens is 1. The molecule has 2 atom stereocenters. The van der Waals surface area contributed by atoms with Gasteiger partial charge in [-0.15, -0.1) is 0 Å². The number of hydrogen-bond donors (Lipinski definition) is 2. The average molecular weight is 252 g/mol. The Morgan fingerprint density at radius 3 is 3.12 bits per heavy atom. The first kappa shape index (κ1) is 12.7. The topological polar surface area (TPSA) is 54.2 Å². The summed E-state index contributed by atoms with van der Waals surface area (Å²) in [5.41, 5.74) is 3.67. The van der Waals surface area contributed by atoms with Gasteiger partial charge in [-0.25, -0.2) is 10.8 Å². The predicted octanol–water partition coefficient (Wildman–Crippen LogP) is 1.69. The number of thioether (sulfide) groups is 1. The number of anilines is 1. The summed E-state index contributed by atoms with van der Waals surface area (Å²) in [6.45, 7) is 6.63. The molecule has 0 bridgehead atoms. The minimum Gasteiger partial charge on any atom is -0.308 e. The van der Waals surface area contributed by atoms with Crippen molar-refractivity contribution in [3.8, 4) is 0 Å². The van der Waals surface area contributed by atoms with Crippen LogP contribution < -0.4 is 11.3 Å². The first-order valence-corrected chi connectivity index (χ1v) is 7.04. The van der Waals surface area contributed by atoms with Gasteiger partial charge >= 0.3 is 0 Å². The van der Waals surface area contributed by atoms with E-state index in [1.54, 1.807) is 0 Å². The second kappa shape index (κ2) is 5.71. The maximum absolute atomic E-state index is 5.37. The number of hydrogen-bond acceptors (Lipinski definition) is 5. The monoisotopic (exact) mass is 252 g/mol. The molecule has 1 aromatic heterocycles. The van der Waals surface area contributed by atoms with Crippen molar-refractivity contribution in [1.82, 2.24) is 9.88 Å². The molecule has 0 radical (unpaired) electrons. The summed E-state index contributed by atoms with van der Waals surface area (Å²) in [6, 6.07) is 6.52. The minimum absolute atomic E-state index is 0.602. The van der Waals surface area contributed by atoms with Crippen molar-refractivity contribution < 1.29 is 0 Å². The van der Waals surface area contributed by atoms with Crippen LogP contribution in [0.25, 0.3) is 0 Å². The zero-order valence-corrected chi connectivity index (χ0v) is 11.2. The summed E-state index contributed by atoms with van der Waals surface area (Å²) in [4.78, 5) is 6.95. The van der Waals surface area contributed by atoms with Gasteiger partial charge in [0.05, 0.1) is 5.69 Å². The third-order valence-corrected chi connectivity index (χ3v) is 4.67. The average Bonchev–Trinajstić information content (AvgIpc) is 2.35. The lowest BCUT2D eigenvalue weighted by Crippen LogP contribution is -2.44. The van der Waals surface area contributed by atoms with Gasteiger partial charge in [-0.2, -0.15) is 11.8 Å². The molecular formula is C12H20N4S. The van der Waals surface area contributed by atoms with Gasteiger partial charge in [0.15, 0.2) is 0 Å². The molecule has 17 heavy (non-hydrogen) atoms. The van der Waals surface area contributed by atoms with Gasteiger partial charge in [0.1, 0.15) is 5.82 Å². The molecular weight excluding hydrogens is 232 g/mol. The molecule has 0 aliphatic carbocycles. The van der Waals surface area contributed by atoms with Crippen molar-refractivity contribution in [2.45, 2.75) is 31.7 Å². The van der Waals surface area contributed by atoms with Crippen molar-refractivity contribution in [2.75, 3.05) is 17.7 Å². The molecule has 1 fully saturated rings. The van der Waals surface area contributed by atoms with Crippen molar-refractivity contribution in [2.24, 2.45) is 5.84 Å². The van der Waals surface area contributed by atoms with E-state index in [4.69, 9.17) is 5.84 Å².